The highest BCUT2D eigenvalue weighted by Crippen LogP contribution is 2.40. The molecule has 138 valence electrons. The molecule has 1 atom stereocenters. The van der Waals surface area contributed by atoms with Crippen LogP contribution in [0.2, 0.25) is 0 Å². The number of nitrogens with zero attached hydrogens (tertiary/aromatic N) is 2. The van der Waals surface area contributed by atoms with Crippen LogP contribution in [0.4, 0.5) is 4.39 Å². The monoisotopic (exact) mass is 364 g/mol. The maximum absolute atomic E-state index is 13.9. The minimum Gasteiger partial charge on any atom is -0.493 e. The molecule has 2 heterocycles. The number of ether oxygens (including phenoxy) is 2. The molecule has 0 aliphatic carbocycles. The number of methoxy groups -OCH3 is 2. The number of hydrogen-bond acceptors (Lipinski definition) is 3. The first-order valence-electron chi connectivity index (χ1n) is 8.94. The van der Waals surface area contributed by atoms with Gasteiger partial charge in [-0.05, 0) is 36.8 Å². The van der Waals surface area contributed by atoms with E-state index in [0.717, 1.165) is 34.6 Å². The number of benzene rings is 2. The molecule has 0 saturated heterocycles. The van der Waals surface area contributed by atoms with Crippen LogP contribution in [0.3, 0.4) is 0 Å². The van der Waals surface area contributed by atoms with Gasteiger partial charge in [0.1, 0.15) is 5.82 Å². The molecule has 27 heavy (non-hydrogen) atoms. The molecule has 0 fully saturated rings. The van der Waals surface area contributed by atoms with Crippen LogP contribution in [-0.2, 0) is 0 Å². The third-order valence-electron chi connectivity index (χ3n) is 4.91. The van der Waals surface area contributed by atoms with E-state index >= 15 is 0 Å². The van der Waals surface area contributed by atoms with Gasteiger partial charge in [-0.25, -0.2) is 4.39 Å². The molecule has 0 amide bonds. The van der Waals surface area contributed by atoms with Gasteiger partial charge >= 0.3 is 0 Å². The predicted molar refractivity (Wildman–Crippen MR) is 104 cm³/mol. The molecule has 0 radical (unpaired) electrons. The molecule has 4 nitrogen and oxygen atoms in total. The van der Waals surface area contributed by atoms with Gasteiger partial charge in [-0.1, -0.05) is 19.1 Å². The summed E-state index contributed by atoms with van der Waals surface area (Å²) >= 11 is 0. The SMILES string of the molecule is CC[C@H]1N=C(c2cccc(F)c2)c2cccn2-c2cc(OC)c(OC)cc21. The predicted octanol–water partition coefficient (Wildman–Crippen LogP) is 4.94. The van der Waals surface area contributed by atoms with Crippen molar-refractivity contribution in [1.29, 1.82) is 0 Å². The molecule has 0 bridgehead atoms. The van der Waals surface area contributed by atoms with Gasteiger partial charge in [0, 0.05) is 23.4 Å². The van der Waals surface area contributed by atoms with E-state index in [2.05, 4.69) is 11.5 Å². The summed E-state index contributed by atoms with van der Waals surface area (Å²) in [7, 11) is 3.26. The summed E-state index contributed by atoms with van der Waals surface area (Å²) in [5.41, 5.74) is 4.51. The highest BCUT2D eigenvalue weighted by Gasteiger charge is 2.25. The number of aromatic nitrogens is 1. The Morgan fingerprint density at radius 3 is 2.52 bits per heavy atom. The molecule has 0 unspecified atom stereocenters. The second-order valence-electron chi connectivity index (χ2n) is 6.44. The average Bonchev–Trinajstić information content (AvgIpc) is 3.12. The second-order valence-corrected chi connectivity index (χ2v) is 6.44. The van der Waals surface area contributed by atoms with E-state index in [1.54, 1.807) is 20.3 Å². The zero-order valence-electron chi connectivity index (χ0n) is 15.6. The fraction of sp³-hybridized carbons (Fsp3) is 0.227. The zero-order valence-corrected chi connectivity index (χ0v) is 15.6. The summed E-state index contributed by atoms with van der Waals surface area (Å²) in [6, 6.07) is 14.4. The van der Waals surface area contributed by atoms with Crippen LogP contribution in [0.25, 0.3) is 5.69 Å². The van der Waals surface area contributed by atoms with Crippen molar-refractivity contribution in [3.05, 3.63) is 77.4 Å². The third kappa shape index (κ3) is 2.89. The highest BCUT2D eigenvalue weighted by molar-refractivity contribution is 6.12. The minimum absolute atomic E-state index is 0.0713. The molecule has 0 saturated carbocycles. The van der Waals surface area contributed by atoms with Crippen LogP contribution >= 0.6 is 0 Å². The van der Waals surface area contributed by atoms with Crippen LogP contribution in [0.1, 0.15) is 36.2 Å². The average molecular weight is 364 g/mol. The lowest BCUT2D eigenvalue weighted by molar-refractivity contribution is 0.354. The lowest BCUT2D eigenvalue weighted by Gasteiger charge is -2.18. The van der Waals surface area contributed by atoms with Crippen LogP contribution in [0, 0.1) is 5.82 Å². The normalized spacial score (nSPS) is 15.4. The smallest absolute Gasteiger partial charge is 0.162 e. The number of halogens is 1. The minimum atomic E-state index is -0.272. The van der Waals surface area contributed by atoms with Crippen molar-refractivity contribution in [2.45, 2.75) is 19.4 Å². The molecule has 4 rings (SSSR count). The maximum Gasteiger partial charge on any atom is 0.162 e. The quantitative estimate of drug-likeness (QED) is 0.658. The molecule has 0 spiro atoms. The van der Waals surface area contributed by atoms with Crippen molar-refractivity contribution in [3.63, 3.8) is 0 Å². The van der Waals surface area contributed by atoms with Crippen LogP contribution < -0.4 is 9.47 Å². The van der Waals surface area contributed by atoms with E-state index in [0.29, 0.717) is 11.5 Å². The van der Waals surface area contributed by atoms with Gasteiger partial charge in [0.15, 0.2) is 11.5 Å². The van der Waals surface area contributed by atoms with Gasteiger partial charge in [0.25, 0.3) is 0 Å². The van der Waals surface area contributed by atoms with Crippen LogP contribution in [0.5, 0.6) is 11.5 Å². The molecule has 3 aromatic rings. The van der Waals surface area contributed by atoms with Crippen molar-refractivity contribution in [2.75, 3.05) is 14.2 Å². The van der Waals surface area contributed by atoms with Crippen molar-refractivity contribution in [2.24, 2.45) is 4.99 Å². The van der Waals surface area contributed by atoms with Crippen molar-refractivity contribution >= 4 is 5.71 Å². The molecule has 5 heteroatoms. The van der Waals surface area contributed by atoms with Gasteiger partial charge in [0.05, 0.1) is 37.4 Å². The van der Waals surface area contributed by atoms with Crippen molar-refractivity contribution < 1.29 is 13.9 Å². The van der Waals surface area contributed by atoms with Gasteiger partial charge in [0.2, 0.25) is 0 Å². The summed E-state index contributed by atoms with van der Waals surface area (Å²) in [6.07, 6.45) is 2.80. The van der Waals surface area contributed by atoms with Gasteiger partial charge in [-0.2, -0.15) is 0 Å². The topological polar surface area (TPSA) is 35.8 Å². The summed E-state index contributed by atoms with van der Waals surface area (Å²) in [6.45, 7) is 2.10. The van der Waals surface area contributed by atoms with Crippen LogP contribution in [-0.4, -0.2) is 24.5 Å². The lowest BCUT2D eigenvalue weighted by Crippen LogP contribution is -2.08. The molecule has 1 aliphatic rings. The summed E-state index contributed by atoms with van der Waals surface area (Å²) in [5.74, 6) is 1.07. The number of aliphatic imine (C=N–C) groups is 1. The number of rotatable bonds is 4. The summed E-state index contributed by atoms with van der Waals surface area (Å²) in [5, 5.41) is 0. The van der Waals surface area contributed by atoms with Crippen molar-refractivity contribution in [3.8, 4) is 17.2 Å². The van der Waals surface area contributed by atoms with Crippen LogP contribution in [0.15, 0.2) is 59.7 Å². The number of hydrogen-bond donors (Lipinski definition) is 0. The molecule has 0 N–H and O–H groups in total. The van der Waals surface area contributed by atoms with Gasteiger partial charge < -0.3 is 14.0 Å². The standard InChI is InChI=1S/C22H21FN2O2/c1-4-17-16-12-20(26-2)21(27-3)13-19(16)25-10-6-9-18(25)22(24-17)14-7-5-8-15(23)11-14/h5-13,17H,4H2,1-3H3/t17-/m1/s1. The lowest BCUT2D eigenvalue weighted by atomic mass is 10.0. The van der Waals surface area contributed by atoms with E-state index in [1.807, 2.05) is 36.5 Å². The Morgan fingerprint density at radius 2 is 1.81 bits per heavy atom. The Kier molecular flexibility index (Phi) is 4.44. The Labute approximate surface area is 157 Å². The summed E-state index contributed by atoms with van der Waals surface area (Å²) < 4.78 is 27.0. The third-order valence-corrected chi connectivity index (χ3v) is 4.91. The van der Waals surface area contributed by atoms with Gasteiger partial charge in [-0.15, -0.1) is 0 Å². The van der Waals surface area contributed by atoms with Crippen molar-refractivity contribution in [1.82, 2.24) is 4.57 Å². The Balaban J connectivity index is 1.99. The molecule has 2 aromatic carbocycles. The van der Waals surface area contributed by atoms with E-state index < -0.39 is 0 Å². The van der Waals surface area contributed by atoms with E-state index in [9.17, 15) is 4.39 Å². The Morgan fingerprint density at radius 1 is 1.04 bits per heavy atom. The molecular formula is C22H21FN2O2. The fourth-order valence-electron chi connectivity index (χ4n) is 3.60. The number of fused-ring (bicyclic) bond motifs is 3. The van der Waals surface area contributed by atoms with E-state index in [-0.39, 0.29) is 11.9 Å². The first kappa shape index (κ1) is 17.3. The first-order valence-corrected chi connectivity index (χ1v) is 8.94. The van der Waals surface area contributed by atoms with Gasteiger partial charge in [-0.3, -0.25) is 4.99 Å². The Hall–Kier alpha value is -3.08. The molecule has 1 aliphatic heterocycles. The molecule has 1 aromatic heterocycles. The molecular weight excluding hydrogens is 343 g/mol. The second kappa shape index (κ2) is 6.91. The van der Waals surface area contributed by atoms with E-state index in [1.165, 1.54) is 12.1 Å². The maximum atomic E-state index is 13.9. The first-order chi connectivity index (χ1) is 13.2. The highest BCUT2D eigenvalue weighted by atomic mass is 19.1. The largest absolute Gasteiger partial charge is 0.493 e. The Bertz CT molecular complexity index is 1020. The van der Waals surface area contributed by atoms with E-state index in [4.69, 9.17) is 14.5 Å². The summed E-state index contributed by atoms with van der Waals surface area (Å²) in [4.78, 5) is 5.02. The zero-order chi connectivity index (χ0) is 19.0. The fourth-order valence-corrected chi connectivity index (χ4v) is 3.60.